The molecule has 1 aromatic carbocycles. The monoisotopic (exact) mass is 405 g/mol. The Morgan fingerprint density at radius 1 is 1.13 bits per heavy atom. The molecule has 1 aromatic heterocycles. The average Bonchev–Trinajstić information content (AvgIpc) is 2.97. The van der Waals surface area contributed by atoms with Crippen LogP contribution in [0.25, 0.3) is 10.9 Å². The minimum Gasteiger partial charge on any atom is -0.351 e. The van der Waals surface area contributed by atoms with E-state index in [-0.39, 0.29) is 11.4 Å². The van der Waals surface area contributed by atoms with Crippen LogP contribution < -0.4 is 5.32 Å². The average molecular weight is 406 g/mol. The lowest BCUT2D eigenvalue weighted by atomic mass is 9.53. The van der Waals surface area contributed by atoms with Crippen LogP contribution in [-0.2, 0) is 24.3 Å². The van der Waals surface area contributed by atoms with E-state index >= 15 is 0 Å². The summed E-state index contributed by atoms with van der Waals surface area (Å²) in [6, 6.07) is 6.81. The van der Waals surface area contributed by atoms with Gasteiger partial charge in [-0.3, -0.25) is 4.79 Å². The second-order valence-corrected chi connectivity index (χ2v) is 11.1. The molecule has 4 aliphatic carbocycles. The van der Waals surface area contributed by atoms with E-state index in [1.54, 1.807) is 0 Å². The van der Waals surface area contributed by atoms with Crippen LogP contribution in [-0.4, -0.2) is 34.5 Å². The van der Waals surface area contributed by atoms with Crippen molar-refractivity contribution in [1.29, 1.82) is 0 Å². The number of rotatable bonds is 4. The van der Waals surface area contributed by atoms with Crippen molar-refractivity contribution >= 4 is 16.8 Å². The largest absolute Gasteiger partial charge is 0.351 e. The van der Waals surface area contributed by atoms with Gasteiger partial charge in [-0.15, -0.1) is 0 Å². The fourth-order valence-corrected chi connectivity index (χ4v) is 7.79. The Bertz CT molecular complexity index is 968. The molecule has 160 valence electrons. The maximum atomic E-state index is 13.1. The zero-order valence-corrected chi connectivity index (χ0v) is 18.5. The minimum atomic E-state index is 0.129. The summed E-state index contributed by atoms with van der Waals surface area (Å²) in [5.41, 5.74) is 5.68. The number of carbonyl (C=O) groups is 1. The van der Waals surface area contributed by atoms with Crippen LogP contribution in [0.2, 0.25) is 0 Å². The molecule has 1 amide bonds. The molecule has 4 bridgehead atoms. The first-order valence-electron chi connectivity index (χ1n) is 12.1. The van der Waals surface area contributed by atoms with Gasteiger partial charge in [-0.25, -0.2) is 0 Å². The third-order valence-electron chi connectivity index (χ3n) is 8.61. The Balaban J connectivity index is 1.22. The highest BCUT2D eigenvalue weighted by Crippen LogP contribution is 2.55. The first kappa shape index (κ1) is 18.9. The summed E-state index contributed by atoms with van der Waals surface area (Å²) in [6.07, 6.45) is 9.64. The molecule has 30 heavy (non-hydrogen) atoms. The Labute approximate surface area is 180 Å². The topological polar surface area (TPSA) is 37.3 Å². The fraction of sp³-hybridized carbons (Fsp3) is 0.654. The van der Waals surface area contributed by atoms with Crippen LogP contribution in [0.1, 0.15) is 61.8 Å². The van der Waals surface area contributed by atoms with Crippen LogP contribution in [0.5, 0.6) is 0 Å². The van der Waals surface area contributed by atoms with Gasteiger partial charge in [-0.05, 0) is 87.9 Å². The predicted octanol–water partition coefficient (Wildman–Crippen LogP) is 4.41. The Morgan fingerprint density at radius 2 is 1.83 bits per heavy atom. The molecule has 2 aromatic rings. The Hall–Kier alpha value is -1.81. The second-order valence-electron chi connectivity index (χ2n) is 11.1. The van der Waals surface area contributed by atoms with Gasteiger partial charge in [-0.1, -0.05) is 11.6 Å². The van der Waals surface area contributed by atoms with Crippen LogP contribution in [0.4, 0.5) is 0 Å². The lowest BCUT2D eigenvalue weighted by Crippen LogP contribution is -2.59. The summed E-state index contributed by atoms with van der Waals surface area (Å²) >= 11 is 0. The van der Waals surface area contributed by atoms with Crippen LogP contribution in [0.3, 0.4) is 0 Å². The summed E-state index contributed by atoms with van der Waals surface area (Å²) in [7, 11) is 2.21. The van der Waals surface area contributed by atoms with Gasteiger partial charge in [-0.2, -0.15) is 0 Å². The molecule has 5 aliphatic rings. The molecule has 0 atom stereocenters. The van der Waals surface area contributed by atoms with E-state index in [1.807, 2.05) is 0 Å². The Kier molecular flexibility index (Phi) is 4.32. The van der Waals surface area contributed by atoms with Crippen LogP contribution >= 0.6 is 0 Å². The standard InChI is InChI=1S/C26H35N3O/c1-17-3-4-23-21(9-17)22-16-28(2)7-5-24(22)29(23)8-6-25(30)27-26-13-18-10-19(14-26)12-20(11-18)15-26/h3-4,9,18-20H,5-8,10-16H2,1-2H3,(H,27,30). The molecule has 4 nitrogen and oxygen atoms in total. The number of fused-ring (bicyclic) bond motifs is 3. The number of likely N-dealkylation sites (N-methyl/N-ethyl adjacent to an activating group) is 1. The zero-order valence-electron chi connectivity index (χ0n) is 18.5. The van der Waals surface area contributed by atoms with E-state index < -0.39 is 0 Å². The maximum Gasteiger partial charge on any atom is 0.222 e. The normalized spacial score (nSPS) is 32.5. The number of hydrogen-bond donors (Lipinski definition) is 1. The lowest BCUT2D eigenvalue weighted by molar-refractivity contribution is -0.127. The first-order valence-corrected chi connectivity index (χ1v) is 12.1. The molecule has 4 fully saturated rings. The summed E-state index contributed by atoms with van der Waals surface area (Å²) in [5.74, 6) is 2.89. The van der Waals surface area contributed by atoms with Gasteiger partial charge in [0, 0.05) is 54.6 Å². The van der Waals surface area contributed by atoms with Crippen molar-refractivity contribution in [1.82, 2.24) is 14.8 Å². The number of nitrogens with one attached hydrogen (secondary N) is 1. The molecule has 0 saturated heterocycles. The SMILES string of the molecule is Cc1ccc2c(c1)c1c(n2CCC(=O)NC23CC4CC(CC(C4)C2)C3)CCN(C)C1. The van der Waals surface area contributed by atoms with Crippen molar-refractivity contribution in [3.05, 3.63) is 35.0 Å². The van der Waals surface area contributed by atoms with Crippen molar-refractivity contribution in [2.24, 2.45) is 17.8 Å². The number of aryl methyl sites for hydroxylation is 2. The van der Waals surface area contributed by atoms with Crippen LogP contribution in [0.15, 0.2) is 18.2 Å². The summed E-state index contributed by atoms with van der Waals surface area (Å²) in [5, 5.41) is 4.96. The summed E-state index contributed by atoms with van der Waals surface area (Å²) in [6.45, 7) is 5.09. The molecular weight excluding hydrogens is 370 g/mol. The molecule has 2 heterocycles. The number of nitrogens with zero attached hydrogens (tertiary/aromatic N) is 2. The highest BCUT2D eigenvalue weighted by molar-refractivity contribution is 5.87. The van der Waals surface area contributed by atoms with Gasteiger partial charge in [0.15, 0.2) is 0 Å². The smallest absolute Gasteiger partial charge is 0.222 e. The maximum absolute atomic E-state index is 13.1. The van der Waals surface area contributed by atoms with E-state index in [4.69, 9.17) is 0 Å². The van der Waals surface area contributed by atoms with Crippen LogP contribution in [0, 0.1) is 24.7 Å². The first-order chi connectivity index (χ1) is 14.5. The molecule has 0 radical (unpaired) electrons. The molecule has 1 N–H and O–H groups in total. The lowest BCUT2D eigenvalue weighted by Gasteiger charge is -2.56. The second kappa shape index (κ2) is 6.85. The van der Waals surface area contributed by atoms with Crippen molar-refractivity contribution < 1.29 is 4.79 Å². The number of carbonyl (C=O) groups excluding carboxylic acids is 1. The predicted molar refractivity (Wildman–Crippen MR) is 120 cm³/mol. The summed E-state index contributed by atoms with van der Waals surface area (Å²) < 4.78 is 2.45. The molecule has 1 aliphatic heterocycles. The number of hydrogen-bond acceptors (Lipinski definition) is 2. The highest BCUT2D eigenvalue weighted by atomic mass is 16.1. The van der Waals surface area contributed by atoms with E-state index in [0.29, 0.717) is 6.42 Å². The van der Waals surface area contributed by atoms with E-state index in [0.717, 1.165) is 43.8 Å². The van der Waals surface area contributed by atoms with Gasteiger partial charge in [0.2, 0.25) is 5.91 Å². The molecule has 0 spiro atoms. The van der Waals surface area contributed by atoms with Gasteiger partial charge in [0.1, 0.15) is 0 Å². The third kappa shape index (κ3) is 3.10. The van der Waals surface area contributed by atoms with Crippen molar-refractivity contribution in [2.45, 2.75) is 76.9 Å². The molecule has 7 rings (SSSR count). The van der Waals surface area contributed by atoms with Gasteiger partial charge >= 0.3 is 0 Å². The van der Waals surface area contributed by atoms with Gasteiger partial charge in [0.05, 0.1) is 0 Å². The number of aromatic nitrogens is 1. The molecule has 0 unspecified atom stereocenters. The molecule has 4 heteroatoms. The third-order valence-corrected chi connectivity index (χ3v) is 8.61. The molecule has 4 saturated carbocycles. The highest BCUT2D eigenvalue weighted by Gasteiger charge is 2.51. The van der Waals surface area contributed by atoms with Crippen molar-refractivity contribution in [3.63, 3.8) is 0 Å². The Morgan fingerprint density at radius 3 is 2.53 bits per heavy atom. The van der Waals surface area contributed by atoms with Gasteiger partial charge in [0.25, 0.3) is 0 Å². The van der Waals surface area contributed by atoms with E-state index in [9.17, 15) is 4.79 Å². The quantitative estimate of drug-likeness (QED) is 0.818. The summed E-state index contributed by atoms with van der Waals surface area (Å²) in [4.78, 5) is 15.5. The van der Waals surface area contributed by atoms with Gasteiger partial charge < -0.3 is 14.8 Å². The minimum absolute atomic E-state index is 0.129. The molecular formula is C26H35N3O. The number of amides is 1. The van der Waals surface area contributed by atoms with E-state index in [1.165, 1.54) is 66.2 Å². The van der Waals surface area contributed by atoms with Crippen molar-refractivity contribution in [2.75, 3.05) is 13.6 Å². The van der Waals surface area contributed by atoms with E-state index in [2.05, 4.69) is 47.0 Å². The fourth-order valence-electron chi connectivity index (χ4n) is 7.79. The number of benzene rings is 1. The van der Waals surface area contributed by atoms with Crippen molar-refractivity contribution in [3.8, 4) is 0 Å². The zero-order chi connectivity index (χ0) is 20.5.